The Hall–Kier alpha value is -1.54. The lowest BCUT2D eigenvalue weighted by atomic mass is 9.99. The lowest BCUT2D eigenvalue weighted by Gasteiger charge is -2.10. The third-order valence-corrected chi connectivity index (χ3v) is 2.93. The molecule has 0 N–H and O–H groups in total. The van der Waals surface area contributed by atoms with E-state index in [9.17, 15) is 4.79 Å². The molecule has 0 heterocycles. The van der Waals surface area contributed by atoms with Gasteiger partial charge in [-0.2, -0.15) is 0 Å². The molecule has 17 heavy (non-hydrogen) atoms. The van der Waals surface area contributed by atoms with Crippen LogP contribution >= 0.6 is 11.6 Å². The summed E-state index contributed by atoms with van der Waals surface area (Å²) in [6, 6.07) is 11.2. The van der Waals surface area contributed by atoms with Crippen molar-refractivity contribution in [3.63, 3.8) is 0 Å². The summed E-state index contributed by atoms with van der Waals surface area (Å²) < 4.78 is 5.28. The first kappa shape index (κ1) is 11.9. The van der Waals surface area contributed by atoms with Crippen LogP contribution in [0.25, 0.3) is 10.8 Å². The third kappa shape index (κ3) is 2.13. The van der Waals surface area contributed by atoms with Gasteiger partial charge < -0.3 is 4.74 Å². The Labute approximate surface area is 105 Å². The number of alkyl halides is 1. The molecule has 0 radical (unpaired) electrons. The Morgan fingerprint density at radius 3 is 2.41 bits per heavy atom. The first-order chi connectivity index (χ1) is 8.15. The second-order valence-electron chi connectivity index (χ2n) is 3.84. The smallest absolute Gasteiger partial charge is 0.181 e. The highest BCUT2D eigenvalue weighted by Crippen LogP contribution is 2.29. The van der Waals surface area contributed by atoms with Gasteiger partial charge in [-0.15, -0.1) is 11.6 Å². The molecule has 0 bridgehead atoms. The molecule has 0 aliphatic heterocycles. The van der Waals surface area contributed by atoms with Gasteiger partial charge in [0.15, 0.2) is 5.78 Å². The van der Waals surface area contributed by atoms with Gasteiger partial charge in [0, 0.05) is 10.9 Å². The zero-order valence-corrected chi connectivity index (χ0v) is 10.5. The van der Waals surface area contributed by atoms with Gasteiger partial charge in [-0.05, 0) is 24.4 Å². The van der Waals surface area contributed by atoms with Gasteiger partial charge in [-0.25, -0.2) is 0 Å². The summed E-state index contributed by atoms with van der Waals surface area (Å²) in [6.07, 6.45) is 0. The number of ketones is 1. The van der Waals surface area contributed by atoms with Crippen LogP contribution < -0.4 is 4.74 Å². The lowest BCUT2D eigenvalue weighted by molar-refractivity contribution is 0.0993. The van der Waals surface area contributed by atoms with E-state index < -0.39 is 5.38 Å². The first-order valence-corrected chi connectivity index (χ1v) is 5.83. The van der Waals surface area contributed by atoms with Crippen molar-refractivity contribution in [2.24, 2.45) is 0 Å². The number of hydrogen-bond acceptors (Lipinski definition) is 2. The summed E-state index contributed by atoms with van der Waals surface area (Å²) in [6.45, 7) is 1.68. The molecule has 2 aromatic rings. The predicted octanol–water partition coefficient (Wildman–Crippen LogP) is 3.66. The highest BCUT2D eigenvalue weighted by Gasteiger charge is 2.16. The van der Waals surface area contributed by atoms with Crippen LogP contribution in [0.5, 0.6) is 5.75 Å². The maximum atomic E-state index is 12.0. The molecule has 0 spiro atoms. The van der Waals surface area contributed by atoms with E-state index in [2.05, 4.69) is 0 Å². The van der Waals surface area contributed by atoms with Gasteiger partial charge >= 0.3 is 0 Å². The van der Waals surface area contributed by atoms with Crippen molar-refractivity contribution in [2.45, 2.75) is 12.3 Å². The largest absolute Gasteiger partial charge is 0.496 e. The van der Waals surface area contributed by atoms with E-state index in [4.69, 9.17) is 16.3 Å². The molecule has 88 valence electrons. The molecule has 0 fully saturated rings. The Bertz CT molecular complexity index is 561. The van der Waals surface area contributed by atoms with Crippen LogP contribution in [-0.2, 0) is 0 Å². The molecule has 2 aromatic carbocycles. The molecular formula is C14H13ClO2. The van der Waals surface area contributed by atoms with Gasteiger partial charge in [0.05, 0.1) is 12.5 Å². The number of halogens is 1. The molecule has 3 heteroatoms. The van der Waals surface area contributed by atoms with Crippen molar-refractivity contribution < 1.29 is 9.53 Å². The number of ether oxygens (including phenoxy) is 1. The van der Waals surface area contributed by atoms with Crippen LogP contribution in [0.2, 0.25) is 0 Å². The van der Waals surface area contributed by atoms with Crippen LogP contribution in [0.15, 0.2) is 36.4 Å². The molecular weight excluding hydrogens is 236 g/mol. The molecule has 1 atom stereocenters. The fraction of sp³-hybridized carbons (Fsp3) is 0.214. The van der Waals surface area contributed by atoms with Crippen LogP contribution in [0.4, 0.5) is 0 Å². The number of hydrogen-bond donors (Lipinski definition) is 0. The standard InChI is InChI=1S/C14H13ClO2/c1-9(15)14(16)12-7-8-13(17-2)11-6-4-3-5-10(11)12/h3-9H,1-2H3. The van der Waals surface area contributed by atoms with E-state index in [1.165, 1.54) is 0 Å². The Morgan fingerprint density at radius 1 is 1.18 bits per heavy atom. The monoisotopic (exact) mass is 248 g/mol. The van der Waals surface area contributed by atoms with Crippen LogP contribution in [0.1, 0.15) is 17.3 Å². The predicted molar refractivity (Wildman–Crippen MR) is 70.1 cm³/mol. The average molecular weight is 249 g/mol. The Kier molecular flexibility index (Phi) is 3.34. The highest BCUT2D eigenvalue weighted by atomic mass is 35.5. The van der Waals surface area contributed by atoms with Crippen molar-refractivity contribution >= 4 is 28.2 Å². The minimum absolute atomic E-state index is 0.0643. The molecule has 2 rings (SSSR count). The number of methoxy groups -OCH3 is 1. The van der Waals surface area contributed by atoms with Crippen molar-refractivity contribution in [1.29, 1.82) is 0 Å². The van der Waals surface area contributed by atoms with Crippen molar-refractivity contribution in [3.05, 3.63) is 42.0 Å². The minimum Gasteiger partial charge on any atom is -0.496 e. The maximum absolute atomic E-state index is 12.0. The Balaban J connectivity index is 2.71. The fourth-order valence-corrected chi connectivity index (χ4v) is 2.00. The second-order valence-corrected chi connectivity index (χ2v) is 4.50. The van der Waals surface area contributed by atoms with Crippen LogP contribution in [-0.4, -0.2) is 18.3 Å². The molecule has 0 saturated heterocycles. The summed E-state index contributed by atoms with van der Waals surface area (Å²) in [4.78, 5) is 12.0. The van der Waals surface area contributed by atoms with Gasteiger partial charge in [-0.1, -0.05) is 24.3 Å². The summed E-state index contributed by atoms with van der Waals surface area (Å²) >= 11 is 5.86. The molecule has 0 amide bonds. The zero-order valence-electron chi connectivity index (χ0n) is 9.74. The van der Waals surface area contributed by atoms with E-state index in [0.29, 0.717) is 5.56 Å². The van der Waals surface area contributed by atoms with Crippen molar-refractivity contribution in [2.75, 3.05) is 7.11 Å². The lowest BCUT2D eigenvalue weighted by Crippen LogP contribution is -2.11. The van der Waals surface area contributed by atoms with E-state index >= 15 is 0 Å². The van der Waals surface area contributed by atoms with Gasteiger partial charge in [0.1, 0.15) is 5.75 Å². The molecule has 2 nitrogen and oxygen atoms in total. The van der Waals surface area contributed by atoms with Gasteiger partial charge in [0.25, 0.3) is 0 Å². The fourth-order valence-electron chi connectivity index (χ4n) is 1.88. The number of benzene rings is 2. The molecule has 1 unspecified atom stereocenters. The normalized spacial score (nSPS) is 12.4. The topological polar surface area (TPSA) is 26.3 Å². The molecule has 0 saturated carbocycles. The second kappa shape index (κ2) is 4.76. The zero-order chi connectivity index (χ0) is 12.4. The van der Waals surface area contributed by atoms with E-state index in [1.807, 2.05) is 24.3 Å². The Morgan fingerprint density at radius 2 is 1.82 bits per heavy atom. The van der Waals surface area contributed by atoms with Crippen molar-refractivity contribution in [3.8, 4) is 5.75 Å². The molecule has 0 aromatic heterocycles. The van der Waals surface area contributed by atoms with E-state index in [0.717, 1.165) is 16.5 Å². The van der Waals surface area contributed by atoms with Crippen LogP contribution in [0.3, 0.4) is 0 Å². The average Bonchev–Trinajstić information content (AvgIpc) is 2.36. The summed E-state index contributed by atoms with van der Waals surface area (Å²) in [5.74, 6) is 0.699. The quantitative estimate of drug-likeness (QED) is 0.612. The summed E-state index contributed by atoms with van der Waals surface area (Å²) in [5.41, 5.74) is 0.643. The minimum atomic E-state index is -0.521. The van der Waals surface area contributed by atoms with E-state index in [-0.39, 0.29) is 5.78 Å². The maximum Gasteiger partial charge on any atom is 0.181 e. The number of fused-ring (bicyclic) bond motifs is 1. The van der Waals surface area contributed by atoms with Gasteiger partial charge in [0.2, 0.25) is 0 Å². The number of rotatable bonds is 3. The number of Topliss-reactive ketones (excluding diaryl/α,β-unsaturated/α-hetero) is 1. The molecule has 0 aliphatic carbocycles. The van der Waals surface area contributed by atoms with E-state index in [1.54, 1.807) is 26.2 Å². The highest BCUT2D eigenvalue weighted by molar-refractivity contribution is 6.35. The van der Waals surface area contributed by atoms with Crippen molar-refractivity contribution in [1.82, 2.24) is 0 Å². The summed E-state index contributed by atoms with van der Waals surface area (Å²) in [7, 11) is 1.62. The van der Waals surface area contributed by atoms with Crippen LogP contribution in [0, 0.1) is 0 Å². The van der Waals surface area contributed by atoms with Gasteiger partial charge in [-0.3, -0.25) is 4.79 Å². The number of carbonyl (C=O) groups is 1. The summed E-state index contributed by atoms with van der Waals surface area (Å²) in [5, 5.41) is 1.29. The number of carbonyl (C=O) groups excluding carboxylic acids is 1. The molecule has 0 aliphatic rings. The first-order valence-electron chi connectivity index (χ1n) is 5.39. The third-order valence-electron chi connectivity index (χ3n) is 2.73. The SMILES string of the molecule is COc1ccc(C(=O)C(C)Cl)c2ccccc12.